The fraction of sp³-hybridized carbons (Fsp3) is 0.211. The van der Waals surface area contributed by atoms with E-state index < -0.39 is 6.03 Å². The van der Waals surface area contributed by atoms with Gasteiger partial charge in [0, 0.05) is 11.9 Å². The number of hydrogen-bond donors (Lipinski definition) is 2. The lowest BCUT2D eigenvalue weighted by Gasteiger charge is -2.13. The van der Waals surface area contributed by atoms with E-state index in [-0.39, 0.29) is 11.2 Å². The monoisotopic (exact) mass is 336 g/mol. The number of carbonyl (C=O) groups excluding carboxylic acids is 1. The lowest BCUT2D eigenvalue weighted by molar-refractivity contribution is 0.262. The molecule has 0 bridgehead atoms. The number of carbonyl (C=O) groups is 1. The smallest absolute Gasteiger partial charge is 0.307 e. The van der Waals surface area contributed by atoms with Crippen LogP contribution in [-0.4, -0.2) is 15.4 Å². The molecule has 0 spiro atoms. The van der Waals surface area contributed by atoms with Crippen molar-refractivity contribution in [3.8, 4) is 0 Å². The molecular weight excluding hydrogens is 316 g/mol. The van der Waals surface area contributed by atoms with Crippen LogP contribution in [0.3, 0.4) is 0 Å². The highest BCUT2D eigenvalue weighted by Gasteiger charge is 2.14. The summed E-state index contributed by atoms with van der Waals surface area (Å²) in [6, 6.07) is 8.94. The highest BCUT2D eigenvalue weighted by atomic mass is 16.2. The van der Waals surface area contributed by atoms with Gasteiger partial charge in [-0.1, -0.05) is 23.8 Å². The summed E-state index contributed by atoms with van der Waals surface area (Å²) in [7, 11) is 0. The van der Waals surface area contributed by atoms with E-state index in [1.54, 1.807) is 19.2 Å². The molecule has 1 aromatic carbocycles. The van der Waals surface area contributed by atoms with Gasteiger partial charge in [-0.3, -0.25) is 9.20 Å². The summed E-state index contributed by atoms with van der Waals surface area (Å²) in [4.78, 5) is 29.5. The van der Waals surface area contributed by atoms with Crippen molar-refractivity contribution in [3.63, 3.8) is 0 Å². The van der Waals surface area contributed by atoms with Crippen molar-refractivity contribution in [3.05, 3.63) is 69.3 Å². The number of hydrogen-bond acceptors (Lipinski definition) is 3. The molecular formula is C19H20N4O2. The molecule has 128 valence electrons. The largest absolute Gasteiger partial charge is 0.323 e. The number of aryl methyl sites for hydroxylation is 4. The Labute approximate surface area is 145 Å². The molecule has 0 fully saturated rings. The van der Waals surface area contributed by atoms with Crippen molar-refractivity contribution < 1.29 is 4.79 Å². The summed E-state index contributed by atoms with van der Waals surface area (Å²) in [5, 5.41) is 5.41. The Morgan fingerprint density at radius 2 is 1.80 bits per heavy atom. The van der Waals surface area contributed by atoms with Gasteiger partial charge in [0.15, 0.2) is 0 Å². The molecule has 0 aliphatic rings. The van der Waals surface area contributed by atoms with Crippen LogP contribution in [-0.2, 0) is 0 Å². The number of nitrogens with one attached hydrogen (secondary N) is 2. The van der Waals surface area contributed by atoms with Crippen LogP contribution < -0.4 is 16.2 Å². The third-order valence-electron chi connectivity index (χ3n) is 4.10. The van der Waals surface area contributed by atoms with Crippen LogP contribution in [0.25, 0.3) is 5.65 Å². The van der Waals surface area contributed by atoms with Crippen molar-refractivity contribution in [1.29, 1.82) is 0 Å². The summed E-state index contributed by atoms with van der Waals surface area (Å²) in [5.41, 5.74) is 4.61. The Balaban J connectivity index is 1.92. The van der Waals surface area contributed by atoms with Crippen molar-refractivity contribution in [2.24, 2.45) is 0 Å². The molecule has 2 amide bonds. The first-order valence-corrected chi connectivity index (χ1v) is 8.00. The molecule has 0 saturated heterocycles. The lowest BCUT2D eigenvalue weighted by Crippen LogP contribution is -2.28. The number of benzene rings is 1. The number of rotatable bonds is 2. The van der Waals surface area contributed by atoms with E-state index in [0.29, 0.717) is 17.0 Å². The molecule has 3 aromatic rings. The van der Waals surface area contributed by atoms with Crippen LogP contribution in [0.4, 0.5) is 16.2 Å². The number of aromatic nitrogens is 2. The average Bonchev–Trinajstić information content (AvgIpc) is 2.55. The van der Waals surface area contributed by atoms with E-state index in [9.17, 15) is 9.59 Å². The van der Waals surface area contributed by atoms with Gasteiger partial charge in [0.2, 0.25) is 0 Å². The molecule has 6 nitrogen and oxygen atoms in total. The summed E-state index contributed by atoms with van der Waals surface area (Å²) >= 11 is 0. The Morgan fingerprint density at radius 3 is 2.52 bits per heavy atom. The maximum Gasteiger partial charge on any atom is 0.323 e. The predicted molar refractivity (Wildman–Crippen MR) is 99.5 cm³/mol. The van der Waals surface area contributed by atoms with Gasteiger partial charge in [-0.2, -0.15) is 0 Å². The van der Waals surface area contributed by atoms with Gasteiger partial charge in [-0.15, -0.1) is 0 Å². The van der Waals surface area contributed by atoms with Crippen molar-refractivity contribution in [2.45, 2.75) is 27.7 Å². The van der Waals surface area contributed by atoms with Crippen LogP contribution in [0.1, 0.15) is 22.4 Å². The number of anilines is 2. The second kappa shape index (κ2) is 6.39. The molecule has 0 unspecified atom stereocenters. The number of fused-ring (bicyclic) bond motifs is 1. The van der Waals surface area contributed by atoms with Crippen molar-refractivity contribution in [1.82, 2.24) is 9.38 Å². The van der Waals surface area contributed by atoms with E-state index >= 15 is 0 Å². The molecule has 2 N–H and O–H groups in total. The van der Waals surface area contributed by atoms with Gasteiger partial charge in [-0.05, 0) is 51.0 Å². The molecule has 6 heteroatoms. The van der Waals surface area contributed by atoms with Crippen LogP contribution in [0.5, 0.6) is 0 Å². The number of urea groups is 1. The highest BCUT2D eigenvalue weighted by molar-refractivity contribution is 6.00. The standard InChI is InChI=1S/C19H20N4O2/c1-11-7-8-15(13(3)10-11)21-19(25)22-16-14(4)20-17-12(2)6-5-9-23(17)18(16)24/h5-10H,1-4H3,(H2,21,22,25). The van der Waals surface area contributed by atoms with Gasteiger partial charge >= 0.3 is 6.03 Å². The van der Waals surface area contributed by atoms with Crippen molar-refractivity contribution >= 4 is 23.1 Å². The first kappa shape index (κ1) is 16.7. The third-order valence-corrected chi connectivity index (χ3v) is 4.10. The topological polar surface area (TPSA) is 75.5 Å². The molecule has 0 aliphatic heterocycles. The first-order chi connectivity index (χ1) is 11.9. The SMILES string of the molecule is Cc1ccc(NC(=O)Nc2c(C)nc3c(C)cccn3c2=O)c(C)c1. The second-order valence-electron chi connectivity index (χ2n) is 6.16. The predicted octanol–water partition coefficient (Wildman–Crippen LogP) is 3.57. The van der Waals surface area contributed by atoms with Crippen LogP contribution in [0.15, 0.2) is 41.3 Å². The van der Waals surface area contributed by atoms with Crippen LogP contribution >= 0.6 is 0 Å². The van der Waals surface area contributed by atoms with Gasteiger partial charge in [0.25, 0.3) is 5.56 Å². The van der Waals surface area contributed by atoms with E-state index in [1.807, 2.05) is 45.0 Å². The fourth-order valence-corrected chi connectivity index (χ4v) is 2.77. The molecule has 0 atom stereocenters. The van der Waals surface area contributed by atoms with Gasteiger partial charge in [0.1, 0.15) is 11.3 Å². The summed E-state index contributed by atoms with van der Waals surface area (Å²) in [6.45, 7) is 7.51. The Bertz CT molecular complexity index is 1040. The van der Waals surface area contributed by atoms with Gasteiger partial charge < -0.3 is 10.6 Å². The number of pyridine rings is 1. The third kappa shape index (κ3) is 3.24. The molecule has 0 aliphatic carbocycles. The first-order valence-electron chi connectivity index (χ1n) is 8.00. The average molecular weight is 336 g/mol. The minimum atomic E-state index is -0.471. The van der Waals surface area contributed by atoms with Crippen LogP contribution in [0, 0.1) is 27.7 Å². The lowest BCUT2D eigenvalue weighted by atomic mass is 10.1. The molecule has 3 rings (SSSR count). The highest BCUT2D eigenvalue weighted by Crippen LogP contribution is 2.17. The normalized spacial score (nSPS) is 10.7. The zero-order chi connectivity index (χ0) is 18.1. The Kier molecular flexibility index (Phi) is 4.27. The minimum Gasteiger partial charge on any atom is -0.307 e. The van der Waals surface area contributed by atoms with E-state index in [2.05, 4.69) is 15.6 Å². The summed E-state index contributed by atoms with van der Waals surface area (Å²) < 4.78 is 1.44. The quantitative estimate of drug-likeness (QED) is 0.751. The van der Waals surface area contributed by atoms with Gasteiger partial charge in [-0.25, -0.2) is 9.78 Å². The Hall–Kier alpha value is -3.15. The molecule has 25 heavy (non-hydrogen) atoms. The zero-order valence-electron chi connectivity index (χ0n) is 14.7. The molecule has 0 radical (unpaired) electrons. The van der Waals surface area contributed by atoms with E-state index in [4.69, 9.17) is 0 Å². The minimum absolute atomic E-state index is 0.172. The van der Waals surface area contributed by atoms with Gasteiger partial charge in [0.05, 0.1) is 5.69 Å². The summed E-state index contributed by atoms with van der Waals surface area (Å²) in [6.07, 6.45) is 1.64. The number of nitrogens with zero attached hydrogens (tertiary/aromatic N) is 2. The molecule has 2 aromatic heterocycles. The maximum atomic E-state index is 12.7. The molecule has 2 heterocycles. The van der Waals surface area contributed by atoms with E-state index in [1.165, 1.54) is 4.40 Å². The number of amides is 2. The Morgan fingerprint density at radius 1 is 1.04 bits per heavy atom. The van der Waals surface area contributed by atoms with Crippen LogP contribution in [0.2, 0.25) is 0 Å². The fourth-order valence-electron chi connectivity index (χ4n) is 2.77. The molecule has 0 saturated carbocycles. The second-order valence-corrected chi connectivity index (χ2v) is 6.16. The summed E-state index contributed by atoms with van der Waals surface area (Å²) in [5.74, 6) is 0. The van der Waals surface area contributed by atoms with E-state index in [0.717, 1.165) is 16.7 Å². The maximum absolute atomic E-state index is 12.7. The van der Waals surface area contributed by atoms with Crippen molar-refractivity contribution in [2.75, 3.05) is 10.6 Å². The zero-order valence-corrected chi connectivity index (χ0v) is 14.7.